The third-order valence-electron chi connectivity index (χ3n) is 2.71. The molecule has 0 fully saturated rings. The van der Waals surface area contributed by atoms with E-state index in [0.717, 1.165) is 22.8 Å². The molecule has 0 aliphatic heterocycles. The average molecular weight is 258 g/mol. The largest absolute Gasteiger partial charge is 0.382 e. The van der Waals surface area contributed by atoms with Gasteiger partial charge in [-0.3, -0.25) is 0 Å². The molecule has 2 rings (SSSR count). The molecule has 0 saturated heterocycles. The smallest absolute Gasteiger partial charge is 0.0455 e. The van der Waals surface area contributed by atoms with Crippen LogP contribution in [-0.2, 0) is 0 Å². The normalized spacial score (nSPS) is 10.8. The highest BCUT2D eigenvalue weighted by atomic mass is 35.5. The SMILES string of the molecule is Cc1ccc(NC/C=C/c2ccccc2)cc1Cl. The molecule has 0 aliphatic rings. The minimum Gasteiger partial charge on any atom is -0.382 e. The number of hydrogen-bond acceptors (Lipinski definition) is 1. The number of anilines is 1. The molecule has 0 heterocycles. The molecule has 2 aromatic rings. The van der Waals surface area contributed by atoms with Gasteiger partial charge in [-0.15, -0.1) is 0 Å². The number of nitrogens with one attached hydrogen (secondary N) is 1. The third kappa shape index (κ3) is 3.64. The zero-order valence-electron chi connectivity index (χ0n) is 10.4. The Morgan fingerprint density at radius 1 is 1.11 bits per heavy atom. The Kier molecular flexibility index (Phi) is 4.43. The fourth-order valence-corrected chi connectivity index (χ4v) is 1.82. The van der Waals surface area contributed by atoms with Crippen molar-refractivity contribution in [3.8, 4) is 0 Å². The molecular formula is C16H16ClN. The monoisotopic (exact) mass is 257 g/mol. The Morgan fingerprint density at radius 2 is 1.89 bits per heavy atom. The van der Waals surface area contributed by atoms with Crippen LogP contribution in [0.3, 0.4) is 0 Å². The molecule has 0 radical (unpaired) electrons. The summed E-state index contributed by atoms with van der Waals surface area (Å²) in [5.41, 5.74) is 3.35. The van der Waals surface area contributed by atoms with Gasteiger partial charge in [0.25, 0.3) is 0 Å². The lowest BCUT2D eigenvalue weighted by molar-refractivity contribution is 1.33. The molecule has 18 heavy (non-hydrogen) atoms. The molecule has 2 heteroatoms. The molecule has 0 saturated carbocycles. The highest BCUT2D eigenvalue weighted by Gasteiger charge is 1.95. The fraction of sp³-hybridized carbons (Fsp3) is 0.125. The lowest BCUT2D eigenvalue weighted by Crippen LogP contribution is -1.97. The van der Waals surface area contributed by atoms with Crippen LogP contribution in [-0.4, -0.2) is 6.54 Å². The summed E-state index contributed by atoms with van der Waals surface area (Å²) in [6, 6.07) is 16.3. The van der Waals surface area contributed by atoms with Crippen LogP contribution >= 0.6 is 11.6 Å². The first kappa shape index (κ1) is 12.7. The van der Waals surface area contributed by atoms with Gasteiger partial charge in [0.2, 0.25) is 0 Å². The van der Waals surface area contributed by atoms with Crippen molar-refractivity contribution >= 4 is 23.4 Å². The van der Waals surface area contributed by atoms with Gasteiger partial charge in [0, 0.05) is 17.3 Å². The first-order chi connectivity index (χ1) is 8.75. The standard InChI is InChI=1S/C16H16ClN/c1-13-9-10-15(12-16(13)17)18-11-5-8-14-6-3-2-4-7-14/h2-10,12,18H,11H2,1H3/b8-5+. The van der Waals surface area contributed by atoms with Gasteiger partial charge >= 0.3 is 0 Å². The Labute approximate surface area is 113 Å². The van der Waals surface area contributed by atoms with Crippen LogP contribution in [0.4, 0.5) is 5.69 Å². The number of hydrogen-bond donors (Lipinski definition) is 1. The number of aryl methyl sites for hydroxylation is 1. The zero-order valence-corrected chi connectivity index (χ0v) is 11.1. The molecule has 0 amide bonds. The highest BCUT2D eigenvalue weighted by Crippen LogP contribution is 2.19. The molecule has 0 atom stereocenters. The Morgan fingerprint density at radius 3 is 2.61 bits per heavy atom. The van der Waals surface area contributed by atoms with Gasteiger partial charge in [0.1, 0.15) is 0 Å². The summed E-state index contributed by atoms with van der Waals surface area (Å²) in [6.45, 7) is 2.79. The van der Waals surface area contributed by atoms with Crippen molar-refractivity contribution in [2.75, 3.05) is 11.9 Å². The Hall–Kier alpha value is -1.73. The summed E-state index contributed by atoms with van der Waals surface area (Å²) < 4.78 is 0. The molecule has 0 aliphatic carbocycles. The first-order valence-corrected chi connectivity index (χ1v) is 6.35. The van der Waals surface area contributed by atoms with Crippen LogP contribution in [0, 0.1) is 6.92 Å². The predicted molar refractivity (Wildman–Crippen MR) is 80.2 cm³/mol. The summed E-state index contributed by atoms with van der Waals surface area (Å²) in [4.78, 5) is 0. The Bertz CT molecular complexity index is 532. The van der Waals surface area contributed by atoms with Crippen LogP contribution in [0.1, 0.15) is 11.1 Å². The Balaban J connectivity index is 1.89. The second-order valence-corrected chi connectivity index (χ2v) is 4.57. The van der Waals surface area contributed by atoms with Crippen molar-refractivity contribution < 1.29 is 0 Å². The van der Waals surface area contributed by atoms with Gasteiger partial charge in [-0.25, -0.2) is 0 Å². The quantitative estimate of drug-likeness (QED) is 0.832. The minimum absolute atomic E-state index is 0.786. The summed E-state index contributed by atoms with van der Waals surface area (Å²) >= 11 is 6.06. The average Bonchev–Trinajstić information content (AvgIpc) is 2.40. The van der Waals surface area contributed by atoms with E-state index in [9.17, 15) is 0 Å². The fourth-order valence-electron chi connectivity index (χ4n) is 1.64. The van der Waals surface area contributed by atoms with E-state index >= 15 is 0 Å². The van der Waals surface area contributed by atoms with Gasteiger partial charge in [-0.2, -0.15) is 0 Å². The molecule has 0 bridgehead atoms. The highest BCUT2D eigenvalue weighted by molar-refractivity contribution is 6.31. The summed E-state index contributed by atoms with van der Waals surface area (Å²) in [5.74, 6) is 0. The van der Waals surface area contributed by atoms with Gasteiger partial charge < -0.3 is 5.32 Å². The molecule has 0 aromatic heterocycles. The van der Waals surface area contributed by atoms with E-state index in [1.54, 1.807) is 0 Å². The minimum atomic E-state index is 0.786. The van der Waals surface area contributed by atoms with E-state index in [1.807, 2.05) is 43.3 Å². The van der Waals surface area contributed by atoms with Crippen molar-refractivity contribution in [1.82, 2.24) is 0 Å². The van der Waals surface area contributed by atoms with Crippen LogP contribution in [0.2, 0.25) is 5.02 Å². The molecule has 2 aromatic carbocycles. The van der Waals surface area contributed by atoms with Crippen molar-refractivity contribution in [1.29, 1.82) is 0 Å². The van der Waals surface area contributed by atoms with Crippen LogP contribution in [0.15, 0.2) is 54.6 Å². The maximum Gasteiger partial charge on any atom is 0.0455 e. The molecule has 1 nitrogen and oxygen atoms in total. The van der Waals surface area contributed by atoms with Gasteiger partial charge in [-0.05, 0) is 30.2 Å². The number of rotatable bonds is 4. The van der Waals surface area contributed by atoms with E-state index in [4.69, 9.17) is 11.6 Å². The van der Waals surface area contributed by atoms with E-state index in [2.05, 4.69) is 29.6 Å². The predicted octanol–water partition coefficient (Wildman–Crippen LogP) is 4.77. The van der Waals surface area contributed by atoms with E-state index in [0.29, 0.717) is 0 Å². The lowest BCUT2D eigenvalue weighted by Gasteiger charge is -2.05. The van der Waals surface area contributed by atoms with E-state index in [1.165, 1.54) is 5.56 Å². The van der Waals surface area contributed by atoms with Crippen molar-refractivity contribution in [3.05, 3.63) is 70.8 Å². The van der Waals surface area contributed by atoms with Crippen molar-refractivity contribution in [3.63, 3.8) is 0 Å². The van der Waals surface area contributed by atoms with Crippen molar-refractivity contribution in [2.24, 2.45) is 0 Å². The van der Waals surface area contributed by atoms with Gasteiger partial charge in [-0.1, -0.05) is 60.2 Å². The number of benzene rings is 2. The van der Waals surface area contributed by atoms with Gasteiger partial charge in [0.15, 0.2) is 0 Å². The van der Waals surface area contributed by atoms with Crippen LogP contribution in [0.25, 0.3) is 6.08 Å². The molecule has 92 valence electrons. The summed E-state index contributed by atoms with van der Waals surface area (Å²) in [7, 11) is 0. The molecule has 0 unspecified atom stereocenters. The van der Waals surface area contributed by atoms with Crippen molar-refractivity contribution in [2.45, 2.75) is 6.92 Å². The maximum absolute atomic E-state index is 6.06. The lowest BCUT2D eigenvalue weighted by atomic mass is 10.2. The zero-order chi connectivity index (χ0) is 12.8. The second kappa shape index (κ2) is 6.27. The maximum atomic E-state index is 6.06. The second-order valence-electron chi connectivity index (χ2n) is 4.16. The number of halogens is 1. The topological polar surface area (TPSA) is 12.0 Å². The van der Waals surface area contributed by atoms with E-state index < -0.39 is 0 Å². The van der Waals surface area contributed by atoms with Crippen LogP contribution < -0.4 is 5.32 Å². The first-order valence-electron chi connectivity index (χ1n) is 5.97. The molecule has 0 spiro atoms. The summed E-state index contributed by atoms with van der Waals surface area (Å²) in [5, 5.41) is 4.11. The molecule has 1 N–H and O–H groups in total. The van der Waals surface area contributed by atoms with Crippen LogP contribution in [0.5, 0.6) is 0 Å². The van der Waals surface area contributed by atoms with Gasteiger partial charge in [0.05, 0.1) is 0 Å². The molecular weight excluding hydrogens is 242 g/mol. The third-order valence-corrected chi connectivity index (χ3v) is 3.11. The van der Waals surface area contributed by atoms with E-state index in [-0.39, 0.29) is 0 Å². The summed E-state index contributed by atoms with van der Waals surface area (Å²) in [6.07, 6.45) is 4.20.